The summed E-state index contributed by atoms with van der Waals surface area (Å²) in [5, 5.41) is 8.89. The van der Waals surface area contributed by atoms with Crippen molar-refractivity contribution in [3.8, 4) is 0 Å². The summed E-state index contributed by atoms with van der Waals surface area (Å²) < 4.78 is 2.21. The Labute approximate surface area is 227 Å². The minimum atomic E-state index is -0.476. The van der Waals surface area contributed by atoms with Gasteiger partial charge in [-0.2, -0.15) is 0 Å². The smallest absolute Gasteiger partial charge is 0.331 e. The maximum Gasteiger partial charge on any atom is 0.331 e. The van der Waals surface area contributed by atoms with Gasteiger partial charge in [0.25, 0.3) is 0 Å². The third kappa shape index (κ3) is 5.05. The number of aromatic nitrogens is 1. The molecule has 0 saturated heterocycles. The number of hydrogen-bond acceptors (Lipinski definition) is 5. The van der Waals surface area contributed by atoms with Crippen molar-refractivity contribution in [2.45, 2.75) is 26.8 Å². The van der Waals surface area contributed by atoms with Crippen LogP contribution >= 0.6 is 34.5 Å². The van der Waals surface area contributed by atoms with Gasteiger partial charge >= 0.3 is 5.97 Å². The molecule has 0 atom stereocenters. The van der Waals surface area contributed by atoms with Gasteiger partial charge in [0.1, 0.15) is 0 Å². The molecule has 0 aliphatic rings. The summed E-state index contributed by atoms with van der Waals surface area (Å²) in [6, 6.07) is 20.7. The van der Waals surface area contributed by atoms with E-state index in [1.807, 2.05) is 53.9 Å². The van der Waals surface area contributed by atoms with Crippen LogP contribution in [0.5, 0.6) is 0 Å². The van der Waals surface area contributed by atoms with Crippen LogP contribution in [0.15, 0.2) is 77.3 Å². The molecule has 37 heavy (non-hydrogen) atoms. The topological polar surface area (TPSA) is 60.7 Å². The number of aryl methyl sites for hydroxylation is 1. The monoisotopic (exact) mass is 548 g/mol. The largest absolute Gasteiger partial charge is 0.341 e. The summed E-state index contributed by atoms with van der Waals surface area (Å²) in [6.07, 6.45) is 0.529. The molecule has 0 bridgehead atoms. The summed E-state index contributed by atoms with van der Waals surface area (Å²) in [4.78, 5) is 31.0. The number of fused-ring (bicyclic) bond motifs is 3. The zero-order valence-electron chi connectivity index (χ0n) is 20.1. The number of thiophene rings is 1. The van der Waals surface area contributed by atoms with E-state index >= 15 is 0 Å². The number of rotatable bonds is 7. The predicted octanol–water partition coefficient (Wildman–Crippen LogP) is 7.92. The van der Waals surface area contributed by atoms with E-state index < -0.39 is 5.97 Å². The van der Waals surface area contributed by atoms with Gasteiger partial charge in [0.15, 0.2) is 5.78 Å². The standard InChI is InChI=1S/C29H22Cl2N2O3S/c1-3-33-27-10-6-18(26(32-36-17(2)34)16-21-5-4-12-37-21)13-23(27)24-14-19(7-11-28(24)33)29(35)22-9-8-20(30)15-25(22)31/h4-15H,3,16H2,1-2H3. The summed E-state index contributed by atoms with van der Waals surface area (Å²) in [5.41, 5.74) is 4.48. The van der Waals surface area contributed by atoms with Crippen LogP contribution in [-0.2, 0) is 22.6 Å². The molecule has 186 valence electrons. The number of nitrogens with zero attached hydrogens (tertiary/aromatic N) is 2. The van der Waals surface area contributed by atoms with Gasteiger partial charge in [-0.05, 0) is 66.9 Å². The van der Waals surface area contributed by atoms with E-state index in [4.69, 9.17) is 28.0 Å². The second kappa shape index (κ2) is 10.5. The first-order chi connectivity index (χ1) is 17.9. The lowest BCUT2D eigenvalue weighted by Gasteiger charge is -2.07. The van der Waals surface area contributed by atoms with Crippen LogP contribution in [0.4, 0.5) is 0 Å². The van der Waals surface area contributed by atoms with Gasteiger partial charge in [0.2, 0.25) is 0 Å². The van der Waals surface area contributed by atoms with Gasteiger partial charge in [-0.3, -0.25) is 4.79 Å². The lowest BCUT2D eigenvalue weighted by Crippen LogP contribution is -2.07. The lowest BCUT2D eigenvalue weighted by molar-refractivity contribution is -0.140. The van der Waals surface area contributed by atoms with Gasteiger partial charge in [-0.1, -0.05) is 40.5 Å². The van der Waals surface area contributed by atoms with Crippen LogP contribution in [0.1, 0.15) is 40.2 Å². The number of carbonyl (C=O) groups excluding carboxylic acids is 2. The molecule has 0 N–H and O–H groups in total. The number of hydrogen-bond donors (Lipinski definition) is 0. The van der Waals surface area contributed by atoms with Gasteiger partial charge < -0.3 is 9.40 Å². The van der Waals surface area contributed by atoms with E-state index in [0.29, 0.717) is 33.3 Å². The number of benzene rings is 3. The Morgan fingerprint density at radius 3 is 2.27 bits per heavy atom. The summed E-state index contributed by atoms with van der Waals surface area (Å²) >= 11 is 14.0. The highest BCUT2D eigenvalue weighted by Crippen LogP contribution is 2.32. The molecule has 0 fully saturated rings. The molecule has 5 nitrogen and oxygen atoms in total. The van der Waals surface area contributed by atoms with E-state index in [0.717, 1.165) is 38.8 Å². The zero-order chi connectivity index (χ0) is 26.1. The average Bonchev–Trinajstić information content (AvgIpc) is 3.51. The van der Waals surface area contributed by atoms with Crippen molar-refractivity contribution in [3.05, 3.63) is 104 Å². The van der Waals surface area contributed by atoms with Crippen molar-refractivity contribution in [2.24, 2.45) is 5.16 Å². The molecule has 2 heterocycles. The van der Waals surface area contributed by atoms with Crippen molar-refractivity contribution >= 4 is 73.8 Å². The van der Waals surface area contributed by atoms with Crippen LogP contribution in [0.2, 0.25) is 10.0 Å². The molecular weight excluding hydrogens is 527 g/mol. The summed E-state index contributed by atoms with van der Waals surface area (Å²) in [7, 11) is 0. The average molecular weight is 549 g/mol. The molecule has 5 rings (SSSR count). The maximum absolute atomic E-state index is 13.3. The van der Waals surface area contributed by atoms with Crippen molar-refractivity contribution in [2.75, 3.05) is 0 Å². The van der Waals surface area contributed by atoms with Crippen molar-refractivity contribution in [3.63, 3.8) is 0 Å². The summed E-state index contributed by atoms with van der Waals surface area (Å²) in [5.74, 6) is -0.650. The highest BCUT2D eigenvalue weighted by atomic mass is 35.5. The van der Waals surface area contributed by atoms with E-state index in [9.17, 15) is 9.59 Å². The Bertz CT molecular complexity index is 1690. The predicted molar refractivity (Wildman–Crippen MR) is 151 cm³/mol. The third-order valence-corrected chi connectivity index (χ3v) is 7.58. The number of oxime groups is 1. The Kier molecular flexibility index (Phi) is 7.15. The Morgan fingerprint density at radius 2 is 1.65 bits per heavy atom. The Balaban J connectivity index is 1.65. The van der Waals surface area contributed by atoms with Crippen LogP contribution < -0.4 is 0 Å². The van der Waals surface area contributed by atoms with Gasteiger partial charge in [-0.15, -0.1) is 11.3 Å². The quantitative estimate of drug-likeness (QED) is 0.0897. The van der Waals surface area contributed by atoms with Crippen molar-refractivity contribution in [1.29, 1.82) is 0 Å². The molecule has 2 aromatic heterocycles. The second-order valence-electron chi connectivity index (χ2n) is 8.54. The van der Waals surface area contributed by atoms with Gasteiger partial charge in [0.05, 0.1) is 10.7 Å². The third-order valence-electron chi connectivity index (χ3n) is 6.16. The fourth-order valence-electron chi connectivity index (χ4n) is 4.48. The van der Waals surface area contributed by atoms with Gasteiger partial charge in [0, 0.05) is 68.3 Å². The number of halogens is 2. The second-order valence-corrected chi connectivity index (χ2v) is 10.4. The van der Waals surface area contributed by atoms with Crippen molar-refractivity contribution in [1.82, 2.24) is 4.57 Å². The first kappa shape index (κ1) is 25.2. The van der Waals surface area contributed by atoms with Crippen molar-refractivity contribution < 1.29 is 14.4 Å². The molecule has 5 aromatic rings. The minimum absolute atomic E-state index is 0.174. The Hall–Kier alpha value is -3.45. The molecule has 3 aromatic carbocycles. The zero-order valence-corrected chi connectivity index (χ0v) is 22.5. The van der Waals surface area contributed by atoms with E-state index in [2.05, 4.69) is 16.6 Å². The van der Waals surface area contributed by atoms with E-state index in [-0.39, 0.29) is 5.78 Å². The molecule has 0 spiro atoms. The fraction of sp³-hybridized carbons (Fsp3) is 0.138. The number of carbonyl (C=O) groups is 2. The first-order valence-electron chi connectivity index (χ1n) is 11.7. The lowest BCUT2D eigenvalue weighted by atomic mass is 9.99. The molecule has 0 saturated carbocycles. The van der Waals surface area contributed by atoms with Crippen LogP contribution in [0.25, 0.3) is 21.8 Å². The minimum Gasteiger partial charge on any atom is -0.341 e. The molecule has 8 heteroatoms. The molecule has 0 aliphatic heterocycles. The molecule has 0 unspecified atom stereocenters. The Morgan fingerprint density at radius 1 is 0.946 bits per heavy atom. The fourth-order valence-corrected chi connectivity index (χ4v) is 5.68. The van der Waals surface area contributed by atoms with Crippen LogP contribution in [-0.4, -0.2) is 22.0 Å². The molecule has 0 radical (unpaired) electrons. The molecule has 0 amide bonds. The van der Waals surface area contributed by atoms with E-state index in [1.54, 1.807) is 29.5 Å². The van der Waals surface area contributed by atoms with Crippen LogP contribution in [0.3, 0.4) is 0 Å². The van der Waals surface area contributed by atoms with E-state index in [1.165, 1.54) is 6.92 Å². The highest BCUT2D eigenvalue weighted by molar-refractivity contribution is 7.10. The van der Waals surface area contributed by atoms with Gasteiger partial charge in [-0.25, -0.2) is 4.79 Å². The normalized spacial score (nSPS) is 11.8. The van der Waals surface area contributed by atoms with Crippen LogP contribution in [0, 0.1) is 0 Å². The maximum atomic E-state index is 13.3. The highest BCUT2D eigenvalue weighted by Gasteiger charge is 2.18. The first-order valence-corrected chi connectivity index (χ1v) is 13.3. The summed E-state index contributed by atoms with van der Waals surface area (Å²) in [6.45, 7) is 4.18. The SMILES string of the molecule is CCn1c2ccc(C(=O)c3ccc(Cl)cc3Cl)cc2c2cc(C(Cc3cccs3)=NOC(C)=O)ccc21. The molecule has 0 aliphatic carbocycles. The number of ketones is 1. The molecular formula is C29H22Cl2N2O3S.